The van der Waals surface area contributed by atoms with Gasteiger partial charge in [0.2, 0.25) is 5.91 Å². The Labute approximate surface area is 108 Å². The van der Waals surface area contributed by atoms with E-state index in [0.29, 0.717) is 6.61 Å². The number of amides is 1. The minimum atomic E-state index is -0.295. The van der Waals surface area contributed by atoms with Crippen LogP contribution in [0.3, 0.4) is 0 Å². The number of alkyl halides is 1. The lowest BCUT2D eigenvalue weighted by molar-refractivity contribution is -0.144. The van der Waals surface area contributed by atoms with Crippen LogP contribution in [0, 0.1) is 0 Å². The summed E-state index contributed by atoms with van der Waals surface area (Å²) in [5.74, 6) is -0.339. The fourth-order valence-corrected chi connectivity index (χ4v) is 3.09. The molecule has 2 unspecified atom stereocenters. The largest absolute Gasteiger partial charge is 0.466 e. The molecule has 2 atom stereocenters. The molecule has 0 aromatic rings. The zero-order valence-electron chi connectivity index (χ0n) is 9.20. The van der Waals surface area contributed by atoms with Crippen LogP contribution in [-0.2, 0) is 14.3 Å². The molecule has 1 rings (SSSR count). The van der Waals surface area contributed by atoms with Gasteiger partial charge in [-0.2, -0.15) is 0 Å². The number of halogens is 1. The number of rotatable bonds is 6. The number of carbonyl (C=O) groups excluding carboxylic acids is 2. The first kappa shape index (κ1) is 13.8. The lowest BCUT2D eigenvalue weighted by atomic mass is 10.3. The minimum absolute atomic E-state index is 0.0439. The van der Waals surface area contributed by atoms with Crippen LogP contribution in [0.2, 0.25) is 0 Å². The maximum atomic E-state index is 11.5. The third-order valence-electron chi connectivity index (χ3n) is 2.18. The Morgan fingerprint density at radius 3 is 3.00 bits per heavy atom. The van der Waals surface area contributed by atoms with E-state index in [2.05, 4.69) is 21.2 Å². The second-order valence-corrected chi connectivity index (χ2v) is 5.67. The van der Waals surface area contributed by atoms with Gasteiger partial charge in [-0.3, -0.25) is 9.59 Å². The number of carbonyl (C=O) groups is 2. The van der Waals surface area contributed by atoms with E-state index in [4.69, 9.17) is 4.74 Å². The predicted molar refractivity (Wildman–Crippen MR) is 67.6 cm³/mol. The number of esters is 1. The van der Waals surface area contributed by atoms with Crippen LogP contribution < -0.4 is 5.32 Å². The molecule has 0 radical (unpaired) electrons. The van der Waals surface area contributed by atoms with Crippen LogP contribution >= 0.6 is 27.7 Å². The third kappa shape index (κ3) is 4.33. The van der Waals surface area contributed by atoms with Crippen molar-refractivity contribution < 1.29 is 14.3 Å². The van der Waals surface area contributed by atoms with Crippen molar-refractivity contribution >= 4 is 39.6 Å². The molecule has 1 heterocycles. The summed E-state index contributed by atoms with van der Waals surface area (Å²) in [7, 11) is 0. The van der Waals surface area contributed by atoms with Crippen LogP contribution in [0.4, 0.5) is 0 Å². The van der Waals surface area contributed by atoms with E-state index < -0.39 is 0 Å². The maximum Gasteiger partial charge on any atom is 0.307 e. The van der Waals surface area contributed by atoms with E-state index in [1.54, 1.807) is 6.92 Å². The first-order valence-corrected chi connectivity index (χ1v) is 7.41. The van der Waals surface area contributed by atoms with Crippen molar-refractivity contribution in [2.45, 2.75) is 36.8 Å². The van der Waals surface area contributed by atoms with Gasteiger partial charge in [0, 0.05) is 5.33 Å². The zero-order chi connectivity index (χ0) is 12.0. The highest BCUT2D eigenvalue weighted by molar-refractivity contribution is 9.09. The maximum absolute atomic E-state index is 11.5. The number of hydrogen-bond donors (Lipinski definition) is 1. The summed E-state index contributed by atoms with van der Waals surface area (Å²) in [5.41, 5.74) is 0. The van der Waals surface area contributed by atoms with Crippen LogP contribution in [0.5, 0.6) is 0 Å². The molecule has 92 valence electrons. The molecule has 0 bridgehead atoms. The molecule has 0 aromatic heterocycles. The molecule has 1 aliphatic heterocycles. The molecule has 0 saturated carbocycles. The van der Waals surface area contributed by atoms with E-state index in [-0.39, 0.29) is 28.9 Å². The van der Waals surface area contributed by atoms with Crippen LogP contribution in [0.25, 0.3) is 0 Å². The SMILES string of the molecule is CCOC(=O)CC1SC(CCCBr)NC1=O. The Balaban J connectivity index is 2.33. The average molecular weight is 310 g/mol. The molecule has 1 aliphatic rings. The summed E-state index contributed by atoms with van der Waals surface area (Å²) in [6, 6.07) is 0. The summed E-state index contributed by atoms with van der Waals surface area (Å²) in [6.45, 7) is 2.13. The van der Waals surface area contributed by atoms with Gasteiger partial charge in [-0.1, -0.05) is 15.9 Å². The fraction of sp³-hybridized carbons (Fsp3) is 0.800. The monoisotopic (exact) mass is 309 g/mol. The van der Waals surface area contributed by atoms with Gasteiger partial charge >= 0.3 is 5.97 Å². The number of nitrogens with one attached hydrogen (secondary N) is 1. The van der Waals surface area contributed by atoms with E-state index in [0.717, 1.165) is 18.2 Å². The van der Waals surface area contributed by atoms with Gasteiger partial charge < -0.3 is 10.1 Å². The first-order chi connectivity index (χ1) is 7.67. The topological polar surface area (TPSA) is 55.4 Å². The molecule has 0 aromatic carbocycles. The molecule has 1 N–H and O–H groups in total. The summed E-state index contributed by atoms with van der Waals surface area (Å²) < 4.78 is 4.83. The Morgan fingerprint density at radius 2 is 2.38 bits per heavy atom. The molecule has 1 saturated heterocycles. The molecule has 1 fully saturated rings. The van der Waals surface area contributed by atoms with Gasteiger partial charge in [0.25, 0.3) is 0 Å². The lowest BCUT2D eigenvalue weighted by Crippen LogP contribution is -2.28. The van der Waals surface area contributed by atoms with Crippen molar-refractivity contribution in [1.29, 1.82) is 0 Å². The normalized spacial score (nSPS) is 24.2. The Morgan fingerprint density at radius 1 is 1.62 bits per heavy atom. The Hall–Kier alpha value is -0.230. The quantitative estimate of drug-likeness (QED) is 0.599. The van der Waals surface area contributed by atoms with Crippen molar-refractivity contribution in [2.75, 3.05) is 11.9 Å². The summed E-state index contributed by atoms with van der Waals surface area (Å²) in [5, 5.41) is 3.68. The predicted octanol–water partition coefficient (Wildman–Crippen LogP) is 1.67. The van der Waals surface area contributed by atoms with Crippen molar-refractivity contribution in [3.63, 3.8) is 0 Å². The summed E-state index contributed by atoms with van der Waals surface area (Å²) in [4.78, 5) is 22.8. The van der Waals surface area contributed by atoms with Crippen molar-refractivity contribution in [2.24, 2.45) is 0 Å². The molecule has 4 nitrogen and oxygen atoms in total. The van der Waals surface area contributed by atoms with Crippen LogP contribution in [0.1, 0.15) is 26.2 Å². The molecule has 16 heavy (non-hydrogen) atoms. The third-order valence-corrected chi connectivity index (χ3v) is 4.13. The molecule has 6 heteroatoms. The van der Waals surface area contributed by atoms with E-state index >= 15 is 0 Å². The molecule has 1 amide bonds. The second-order valence-electron chi connectivity index (χ2n) is 3.46. The molecular weight excluding hydrogens is 294 g/mol. The summed E-state index contributed by atoms with van der Waals surface area (Å²) in [6.07, 6.45) is 2.13. The Kier molecular flexibility index (Phi) is 6.20. The van der Waals surface area contributed by atoms with Gasteiger partial charge in [-0.15, -0.1) is 11.8 Å². The van der Waals surface area contributed by atoms with Crippen LogP contribution in [-0.4, -0.2) is 34.4 Å². The van der Waals surface area contributed by atoms with Crippen LogP contribution in [0.15, 0.2) is 0 Å². The highest BCUT2D eigenvalue weighted by Crippen LogP contribution is 2.29. The minimum Gasteiger partial charge on any atom is -0.466 e. The van der Waals surface area contributed by atoms with Gasteiger partial charge in [0.15, 0.2) is 0 Å². The standard InChI is InChI=1S/C10H16BrNO3S/c1-2-15-9(13)6-7-10(14)12-8(16-7)4-3-5-11/h7-8H,2-6H2,1H3,(H,12,14). The van der Waals surface area contributed by atoms with E-state index in [1.807, 2.05) is 0 Å². The number of ether oxygens (including phenoxy) is 1. The fourth-order valence-electron chi connectivity index (χ4n) is 1.46. The molecule has 0 spiro atoms. The number of thioether (sulfide) groups is 1. The van der Waals surface area contributed by atoms with E-state index in [9.17, 15) is 9.59 Å². The first-order valence-electron chi connectivity index (χ1n) is 5.34. The second kappa shape index (κ2) is 7.17. The molecule has 0 aliphatic carbocycles. The Bertz CT molecular complexity index is 262. The van der Waals surface area contributed by atoms with Gasteiger partial charge in [0.1, 0.15) is 0 Å². The van der Waals surface area contributed by atoms with Gasteiger partial charge in [-0.25, -0.2) is 0 Å². The average Bonchev–Trinajstić information content (AvgIpc) is 2.57. The lowest BCUT2D eigenvalue weighted by Gasteiger charge is -2.07. The zero-order valence-corrected chi connectivity index (χ0v) is 11.6. The number of hydrogen-bond acceptors (Lipinski definition) is 4. The van der Waals surface area contributed by atoms with Crippen molar-refractivity contribution in [3.05, 3.63) is 0 Å². The van der Waals surface area contributed by atoms with Crippen molar-refractivity contribution in [1.82, 2.24) is 5.32 Å². The highest BCUT2D eigenvalue weighted by Gasteiger charge is 2.33. The summed E-state index contributed by atoms with van der Waals surface area (Å²) >= 11 is 4.88. The van der Waals surface area contributed by atoms with E-state index in [1.165, 1.54) is 11.8 Å². The molecular formula is C10H16BrNO3S. The van der Waals surface area contributed by atoms with Crippen molar-refractivity contribution in [3.8, 4) is 0 Å². The van der Waals surface area contributed by atoms with Gasteiger partial charge in [0.05, 0.1) is 23.7 Å². The van der Waals surface area contributed by atoms with Gasteiger partial charge in [-0.05, 0) is 19.8 Å². The highest BCUT2D eigenvalue weighted by atomic mass is 79.9. The smallest absolute Gasteiger partial charge is 0.307 e.